The summed E-state index contributed by atoms with van der Waals surface area (Å²) in [5.74, 6) is -5.75. The number of pyridine rings is 1. The van der Waals surface area contributed by atoms with Crippen LogP contribution in [-0.4, -0.2) is 23.9 Å². The van der Waals surface area contributed by atoms with Crippen molar-refractivity contribution in [1.82, 2.24) is 4.98 Å². The van der Waals surface area contributed by atoms with E-state index in [0.29, 0.717) is 6.07 Å². The maximum atomic E-state index is 14.8. The highest BCUT2D eigenvalue weighted by Gasteiger charge is 2.37. The minimum Gasteiger partial charge on any atom is -0.481 e. The van der Waals surface area contributed by atoms with Gasteiger partial charge in [-0.2, -0.15) is 13.2 Å². The summed E-state index contributed by atoms with van der Waals surface area (Å²) in [6, 6.07) is 6.57. The molecule has 3 aromatic rings. The van der Waals surface area contributed by atoms with Gasteiger partial charge in [0, 0.05) is 11.8 Å². The van der Waals surface area contributed by atoms with Crippen LogP contribution in [0.5, 0.6) is 17.4 Å². The molecule has 7 nitrogen and oxygen atoms in total. The zero-order valence-electron chi connectivity index (χ0n) is 16.7. The van der Waals surface area contributed by atoms with E-state index in [1.54, 1.807) is 0 Å². The van der Waals surface area contributed by atoms with Crippen molar-refractivity contribution in [1.29, 1.82) is 0 Å². The summed E-state index contributed by atoms with van der Waals surface area (Å²) in [6.07, 6.45) is -3.95. The second-order valence-electron chi connectivity index (χ2n) is 6.45. The van der Waals surface area contributed by atoms with Gasteiger partial charge < -0.3 is 20.5 Å². The Morgan fingerprint density at radius 1 is 1.06 bits per heavy atom. The van der Waals surface area contributed by atoms with E-state index in [9.17, 15) is 31.5 Å². The van der Waals surface area contributed by atoms with Gasteiger partial charge in [-0.15, -0.1) is 0 Å². The summed E-state index contributed by atoms with van der Waals surface area (Å²) in [6.45, 7) is 0. The molecule has 172 valence electrons. The summed E-state index contributed by atoms with van der Waals surface area (Å²) in [4.78, 5) is 27.9. The number of ether oxygens (including phenoxy) is 2. The molecule has 0 atom stereocenters. The van der Waals surface area contributed by atoms with Crippen LogP contribution in [0.25, 0.3) is 0 Å². The van der Waals surface area contributed by atoms with Crippen LogP contribution in [0.2, 0.25) is 0 Å². The molecule has 0 aliphatic heterocycles. The monoisotopic (exact) mass is 467 g/mol. The molecule has 0 saturated carbocycles. The number of aromatic nitrogens is 1. The molecule has 3 N–H and O–H groups in total. The third-order valence-electron chi connectivity index (χ3n) is 4.27. The Balaban J connectivity index is 2.04. The fourth-order valence-electron chi connectivity index (χ4n) is 2.73. The van der Waals surface area contributed by atoms with Gasteiger partial charge in [0.2, 0.25) is 5.88 Å². The Morgan fingerprint density at radius 2 is 1.79 bits per heavy atom. The molecule has 0 saturated heterocycles. The number of alkyl halides is 3. The van der Waals surface area contributed by atoms with Crippen LogP contribution in [0.3, 0.4) is 0 Å². The minimum absolute atomic E-state index is 0.0261. The lowest BCUT2D eigenvalue weighted by Gasteiger charge is -2.16. The van der Waals surface area contributed by atoms with Crippen molar-refractivity contribution in [3.8, 4) is 17.4 Å². The first-order valence-corrected chi connectivity index (χ1v) is 8.99. The number of rotatable bonds is 6. The Labute approximate surface area is 182 Å². The smallest absolute Gasteiger partial charge is 0.419 e. The molecule has 1 heterocycles. The van der Waals surface area contributed by atoms with Crippen LogP contribution in [-0.2, 0) is 6.18 Å². The molecule has 1 aromatic heterocycles. The molecular weight excluding hydrogens is 453 g/mol. The van der Waals surface area contributed by atoms with E-state index in [-0.39, 0.29) is 17.3 Å². The predicted octanol–water partition coefficient (Wildman–Crippen LogP) is 4.53. The number of anilines is 1. The molecule has 0 aliphatic rings. The van der Waals surface area contributed by atoms with Crippen LogP contribution in [0.15, 0.2) is 48.7 Å². The van der Waals surface area contributed by atoms with Crippen LogP contribution < -0.4 is 20.5 Å². The molecule has 0 fully saturated rings. The number of hydrogen-bond donors (Lipinski definition) is 2. The summed E-state index contributed by atoms with van der Waals surface area (Å²) in [5, 5.41) is 2.11. The number of halogens is 5. The Morgan fingerprint density at radius 3 is 2.36 bits per heavy atom. The third kappa shape index (κ3) is 5.17. The molecule has 0 aliphatic carbocycles. The van der Waals surface area contributed by atoms with E-state index in [1.165, 1.54) is 19.2 Å². The number of carbonyl (C=O) groups excluding carboxylic acids is 2. The molecule has 2 amide bonds. The molecule has 2 aromatic carbocycles. The van der Waals surface area contributed by atoms with Crippen molar-refractivity contribution in [2.75, 3.05) is 12.4 Å². The molecule has 0 unspecified atom stereocenters. The van der Waals surface area contributed by atoms with Crippen molar-refractivity contribution in [3.05, 3.63) is 77.0 Å². The van der Waals surface area contributed by atoms with Gasteiger partial charge in [0.1, 0.15) is 22.9 Å². The lowest BCUT2D eigenvalue weighted by molar-refractivity contribution is -0.140. The molecule has 33 heavy (non-hydrogen) atoms. The molecule has 0 radical (unpaired) electrons. The summed E-state index contributed by atoms with van der Waals surface area (Å²) in [5.41, 5.74) is 1.45. The van der Waals surface area contributed by atoms with Gasteiger partial charge in [-0.05, 0) is 36.4 Å². The van der Waals surface area contributed by atoms with Crippen molar-refractivity contribution >= 4 is 17.5 Å². The Kier molecular flexibility index (Phi) is 6.47. The second-order valence-corrected chi connectivity index (χ2v) is 6.45. The highest BCUT2D eigenvalue weighted by molar-refractivity contribution is 6.07. The van der Waals surface area contributed by atoms with E-state index < -0.39 is 52.1 Å². The molecule has 12 heteroatoms. The van der Waals surface area contributed by atoms with Gasteiger partial charge in [-0.25, -0.2) is 13.8 Å². The Bertz CT molecular complexity index is 1210. The first-order chi connectivity index (χ1) is 15.5. The molecular formula is C21H14F5N3O4. The SMILES string of the molecule is COc1ccc(Oc2ccc(C(F)(F)F)c(F)c2C(=O)Nc2ccc(F)c(C(N)=O)c2)cn1. The lowest BCUT2D eigenvalue weighted by Crippen LogP contribution is -2.19. The fraction of sp³-hybridized carbons (Fsp3) is 0.0952. The van der Waals surface area contributed by atoms with Crippen LogP contribution in [0.1, 0.15) is 26.3 Å². The highest BCUT2D eigenvalue weighted by Crippen LogP contribution is 2.37. The largest absolute Gasteiger partial charge is 0.481 e. The van der Waals surface area contributed by atoms with E-state index >= 15 is 0 Å². The van der Waals surface area contributed by atoms with Crippen molar-refractivity contribution < 1.29 is 41.0 Å². The number of primary amides is 1. The first-order valence-electron chi connectivity index (χ1n) is 8.99. The number of benzene rings is 2. The number of nitrogens with zero attached hydrogens (tertiary/aromatic N) is 1. The third-order valence-corrected chi connectivity index (χ3v) is 4.27. The number of amides is 2. The van der Waals surface area contributed by atoms with Gasteiger partial charge in [0.25, 0.3) is 11.8 Å². The minimum atomic E-state index is -5.10. The maximum Gasteiger partial charge on any atom is 0.419 e. The lowest BCUT2D eigenvalue weighted by atomic mass is 10.1. The zero-order chi connectivity index (χ0) is 24.3. The topological polar surface area (TPSA) is 104 Å². The number of carbonyl (C=O) groups is 2. The van der Waals surface area contributed by atoms with Crippen molar-refractivity contribution in [3.63, 3.8) is 0 Å². The van der Waals surface area contributed by atoms with Gasteiger partial charge >= 0.3 is 6.18 Å². The fourth-order valence-corrected chi connectivity index (χ4v) is 2.73. The van der Waals surface area contributed by atoms with Crippen molar-refractivity contribution in [2.24, 2.45) is 5.73 Å². The standard InChI is InChI=1S/C21H14F5N3O4/c1-32-16-7-3-11(9-28-16)33-15-6-4-13(21(24,25)26)18(23)17(15)20(31)29-10-2-5-14(22)12(8-10)19(27)30/h2-9H,1H3,(H2,27,30)(H,29,31). The van der Waals surface area contributed by atoms with Crippen LogP contribution >= 0.6 is 0 Å². The van der Waals surface area contributed by atoms with Crippen LogP contribution in [0, 0.1) is 11.6 Å². The molecule has 0 bridgehead atoms. The normalized spacial score (nSPS) is 11.1. The molecule has 0 spiro atoms. The van der Waals surface area contributed by atoms with Crippen molar-refractivity contribution in [2.45, 2.75) is 6.18 Å². The summed E-state index contributed by atoms with van der Waals surface area (Å²) < 4.78 is 78.4. The number of methoxy groups -OCH3 is 1. The number of nitrogens with one attached hydrogen (secondary N) is 1. The maximum absolute atomic E-state index is 14.8. The zero-order valence-corrected chi connectivity index (χ0v) is 16.7. The average molecular weight is 467 g/mol. The second kappa shape index (κ2) is 9.10. The average Bonchev–Trinajstić information content (AvgIpc) is 2.74. The predicted molar refractivity (Wildman–Crippen MR) is 105 cm³/mol. The van der Waals surface area contributed by atoms with E-state index in [1.807, 2.05) is 0 Å². The summed E-state index contributed by atoms with van der Waals surface area (Å²) in [7, 11) is 1.36. The first kappa shape index (κ1) is 23.4. The van der Waals surface area contributed by atoms with E-state index in [4.69, 9.17) is 15.2 Å². The van der Waals surface area contributed by atoms with Gasteiger partial charge in [-0.1, -0.05) is 0 Å². The summed E-state index contributed by atoms with van der Waals surface area (Å²) >= 11 is 0. The number of nitrogens with two attached hydrogens (primary N) is 1. The van der Waals surface area contributed by atoms with Gasteiger partial charge in [0.15, 0.2) is 5.82 Å². The van der Waals surface area contributed by atoms with Gasteiger partial charge in [-0.3, -0.25) is 9.59 Å². The highest BCUT2D eigenvalue weighted by atomic mass is 19.4. The van der Waals surface area contributed by atoms with Gasteiger partial charge in [0.05, 0.1) is 24.4 Å². The molecule has 3 rings (SSSR count). The van der Waals surface area contributed by atoms with Crippen LogP contribution in [0.4, 0.5) is 27.6 Å². The van der Waals surface area contributed by atoms with E-state index in [0.717, 1.165) is 30.5 Å². The number of hydrogen-bond acceptors (Lipinski definition) is 5. The van der Waals surface area contributed by atoms with E-state index in [2.05, 4.69) is 10.3 Å². The Hall–Kier alpha value is -4.22. The quantitative estimate of drug-likeness (QED) is 0.519.